The number of nitrogens with one attached hydrogen (secondary N) is 1. The molecule has 0 radical (unpaired) electrons. The predicted octanol–water partition coefficient (Wildman–Crippen LogP) is 0.340. The molecule has 1 N–H and O–H groups in total. The lowest BCUT2D eigenvalue weighted by atomic mass is 10.1. The zero-order valence-corrected chi connectivity index (χ0v) is 12.5. The number of carbonyl (C=O) groups excluding carboxylic acids is 2. The summed E-state index contributed by atoms with van der Waals surface area (Å²) in [5.41, 5.74) is 3.07. The molecule has 0 aromatic heterocycles. The number of hydrogen-bond donors (Lipinski definition) is 1. The van der Waals surface area contributed by atoms with Gasteiger partial charge in [-0.2, -0.15) is 5.10 Å². The van der Waals surface area contributed by atoms with Crippen molar-refractivity contribution in [1.29, 1.82) is 0 Å². The Morgan fingerprint density at radius 1 is 1.12 bits per heavy atom. The molecule has 1 atom stereocenters. The number of carboxylic acid groups (broad SMARTS) is 1. The van der Waals surface area contributed by atoms with Crippen molar-refractivity contribution in [1.82, 2.24) is 5.43 Å². The van der Waals surface area contributed by atoms with E-state index in [4.69, 9.17) is 9.47 Å². The minimum absolute atomic E-state index is 0.0719. The van der Waals surface area contributed by atoms with Gasteiger partial charge >= 0.3 is 0 Å². The van der Waals surface area contributed by atoms with Gasteiger partial charge in [-0.3, -0.25) is 4.79 Å². The second-order valence-electron chi connectivity index (χ2n) is 5.01. The van der Waals surface area contributed by atoms with Crippen molar-refractivity contribution in [2.45, 2.75) is 6.10 Å². The fourth-order valence-electron chi connectivity index (χ4n) is 2.10. The third kappa shape index (κ3) is 3.52. The molecular formula is C17H13N2O5-. The Bertz CT molecular complexity index is 786. The van der Waals surface area contributed by atoms with Crippen molar-refractivity contribution in [2.24, 2.45) is 5.10 Å². The minimum Gasteiger partial charge on any atom is -0.545 e. The zero-order chi connectivity index (χ0) is 16.9. The Morgan fingerprint density at radius 3 is 2.54 bits per heavy atom. The van der Waals surface area contributed by atoms with E-state index in [1.165, 1.54) is 18.3 Å². The Kier molecular flexibility index (Phi) is 4.42. The van der Waals surface area contributed by atoms with Gasteiger partial charge in [0.15, 0.2) is 11.5 Å². The van der Waals surface area contributed by atoms with Crippen LogP contribution in [-0.4, -0.2) is 30.8 Å². The van der Waals surface area contributed by atoms with Crippen LogP contribution in [0.5, 0.6) is 11.5 Å². The second-order valence-corrected chi connectivity index (χ2v) is 5.01. The molecule has 7 nitrogen and oxygen atoms in total. The van der Waals surface area contributed by atoms with E-state index in [-0.39, 0.29) is 12.2 Å². The number of nitrogens with zero attached hydrogens (tertiary/aromatic N) is 1. The first-order valence-electron chi connectivity index (χ1n) is 7.16. The minimum atomic E-state index is -1.25. The molecule has 1 aliphatic rings. The molecule has 24 heavy (non-hydrogen) atoms. The van der Waals surface area contributed by atoms with E-state index in [2.05, 4.69) is 10.5 Å². The first-order chi connectivity index (χ1) is 11.6. The molecule has 2 aromatic carbocycles. The molecule has 0 aliphatic carbocycles. The van der Waals surface area contributed by atoms with E-state index < -0.39 is 18.0 Å². The maximum absolute atomic E-state index is 12.0. The summed E-state index contributed by atoms with van der Waals surface area (Å²) >= 11 is 0. The monoisotopic (exact) mass is 325 g/mol. The van der Waals surface area contributed by atoms with Crippen LogP contribution in [0, 0.1) is 0 Å². The summed E-state index contributed by atoms with van der Waals surface area (Å²) < 4.78 is 11.0. The van der Waals surface area contributed by atoms with Gasteiger partial charge < -0.3 is 19.4 Å². The number of ether oxygens (including phenoxy) is 2. The molecule has 2 aromatic rings. The van der Waals surface area contributed by atoms with Gasteiger partial charge in [0, 0.05) is 0 Å². The van der Waals surface area contributed by atoms with Gasteiger partial charge in [-0.25, -0.2) is 5.43 Å². The molecule has 122 valence electrons. The van der Waals surface area contributed by atoms with E-state index in [1.807, 2.05) is 6.07 Å². The average Bonchev–Trinajstić information content (AvgIpc) is 2.61. The maximum Gasteiger partial charge on any atom is 0.284 e. The second kappa shape index (κ2) is 6.82. The molecule has 0 fully saturated rings. The van der Waals surface area contributed by atoms with Crippen LogP contribution in [0.1, 0.15) is 15.9 Å². The molecule has 7 heteroatoms. The van der Waals surface area contributed by atoms with Crippen molar-refractivity contribution in [3.63, 3.8) is 0 Å². The van der Waals surface area contributed by atoms with Gasteiger partial charge in [-0.1, -0.05) is 36.4 Å². The van der Waals surface area contributed by atoms with E-state index in [9.17, 15) is 14.7 Å². The number of benzene rings is 2. The first-order valence-corrected chi connectivity index (χ1v) is 7.16. The fraction of sp³-hybridized carbons (Fsp3) is 0.118. The van der Waals surface area contributed by atoms with E-state index in [0.717, 1.165) is 0 Å². The van der Waals surface area contributed by atoms with Crippen molar-refractivity contribution >= 4 is 18.1 Å². The molecule has 1 amide bonds. The third-order valence-corrected chi connectivity index (χ3v) is 3.34. The Hall–Kier alpha value is -3.35. The van der Waals surface area contributed by atoms with Crippen LogP contribution in [0.25, 0.3) is 0 Å². The highest BCUT2D eigenvalue weighted by Crippen LogP contribution is 2.30. The van der Waals surface area contributed by atoms with Gasteiger partial charge in [0.1, 0.15) is 6.61 Å². The number of para-hydroxylation sites is 2. The summed E-state index contributed by atoms with van der Waals surface area (Å²) in [5.74, 6) is -0.586. The van der Waals surface area contributed by atoms with Gasteiger partial charge in [0.2, 0.25) is 6.10 Å². The largest absolute Gasteiger partial charge is 0.545 e. The molecule has 0 saturated heterocycles. The Labute approximate surface area is 137 Å². The fourth-order valence-corrected chi connectivity index (χ4v) is 2.10. The molecule has 0 spiro atoms. The van der Waals surface area contributed by atoms with Crippen molar-refractivity contribution in [3.05, 3.63) is 59.7 Å². The van der Waals surface area contributed by atoms with Gasteiger partial charge in [0.25, 0.3) is 5.91 Å². The number of fused-ring (bicyclic) bond motifs is 1. The molecule has 0 bridgehead atoms. The maximum atomic E-state index is 12.0. The highest BCUT2D eigenvalue weighted by Gasteiger charge is 2.26. The van der Waals surface area contributed by atoms with Crippen LogP contribution in [0.3, 0.4) is 0 Å². The number of hydrazone groups is 1. The van der Waals surface area contributed by atoms with Crippen LogP contribution >= 0.6 is 0 Å². The Balaban J connectivity index is 1.57. The standard InChI is InChI=1S/C17H14N2O5/c20-16(15-10-23-13-3-1-2-4-14(13)24-15)19-18-9-11-5-7-12(8-6-11)17(21)22/h1-9,15H,10H2,(H,19,20)(H,21,22)/p-1/b18-9-/t15-/m0/s1. The smallest absolute Gasteiger partial charge is 0.284 e. The van der Waals surface area contributed by atoms with Gasteiger partial charge in [0.05, 0.1) is 12.2 Å². The van der Waals surface area contributed by atoms with Crippen LogP contribution in [-0.2, 0) is 4.79 Å². The molecule has 1 aliphatic heterocycles. The number of hydrogen-bond acceptors (Lipinski definition) is 6. The average molecular weight is 325 g/mol. The lowest BCUT2D eigenvalue weighted by Gasteiger charge is -2.24. The lowest BCUT2D eigenvalue weighted by Crippen LogP contribution is -2.42. The van der Waals surface area contributed by atoms with Crippen molar-refractivity contribution in [2.75, 3.05) is 6.61 Å². The van der Waals surface area contributed by atoms with Crippen LogP contribution < -0.4 is 20.0 Å². The summed E-state index contributed by atoms with van der Waals surface area (Å²) in [6.07, 6.45) is 0.603. The predicted molar refractivity (Wildman–Crippen MR) is 82.9 cm³/mol. The zero-order valence-electron chi connectivity index (χ0n) is 12.5. The van der Waals surface area contributed by atoms with E-state index in [1.54, 1.807) is 30.3 Å². The first kappa shape index (κ1) is 15.5. The van der Waals surface area contributed by atoms with Crippen molar-refractivity contribution in [3.8, 4) is 11.5 Å². The van der Waals surface area contributed by atoms with Crippen LogP contribution in [0.15, 0.2) is 53.6 Å². The van der Waals surface area contributed by atoms with Gasteiger partial charge in [-0.15, -0.1) is 0 Å². The number of aromatic carboxylic acids is 1. The number of carbonyl (C=O) groups is 2. The summed E-state index contributed by atoms with van der Waals surface area (Å²) in [6.45, 7) is 0.0959. The molecule has 0 unspecified atom stereocenters. The topological polar surface area (TPSA) is 100 Å². The Morgan fingerprint density at radius 2 is 1.83 bits per heavy atom. The summed E-state index contributed by atoms with van der Waals surface area (Å²) in [5, 5.41) is 14.5. The van der Waals surface area contributed by atoms with Crippen LogP contribution in [0.4, 0.5) is 0 Å². The molecule has 0 saturated carbocycles. The summed E-state index contributed by atoms with van der Waals surface area (Å²) in [6, 6.07) is 13.0. The number of carboxylic acids is 1. The lowest BCUT2D eigenvalue weighted by molar-refractivity contribution is -0.255. The molecular weight excluding hydrogens is 312 g/mol. The quantitative estimate of drug-likeness (QED) is 0.645. The summed E-state index contributed by atoms with van der Waals surface area (Å²) in [7, 11) is 0. The van der Waals surface area contributed by atoms with Crippen LogP contribution in [0.2, 0.25) is 0 Å². The number of amides is 1. The highest BCUT2D eigenvalue weighted by molar-refractivity contribution is 5.88. The molecule has 1 heterocycles. The van der Waals surface area contributed by atoms with Gasteiger partial charge in [-0.05, 0) is 23.3 Å². The SMILES string of the molecule is O=C([O-])c1ccc(/C=N\NC(=O)[C@@H]2COc3ccccc3O2)cc1. The normalized spacial score (nSPS) is 15.9. The highest BCUT2D eigenvalue weighted by atomic mass is 16.6. The van der Waals surface area contributed by atoms with E-state index >= 15 is 0 Å². The summed E-state index contributed by atoms with van der Waals surface area (Å²) in [4.78, 5) is 22.7. The molecule has 3 rings (SSSR count). The number of rotatable bonds is 4. The van der Waals surface area contributed by atoms with Crippen molar-refractivity contribution < 1.29 is 24.2 Å². The third-order valence-electron chi connectivity index (χ3n) is 3.34. The van der Waals surface area contributed by atoms with E-state index in [0.29, 0.717) is 17.1 Å².